The molecule has 29 heavy (non-hydrogen) atoms. The Morgan fingerprint density at radius 3 is 2.55 bits per heavy atom. The third kappa shape index (κ3) is 4.21. The van der Waals surface area contributed by atoms with E-state index in [2.05, 4.69) is 11.9 Å². The molecule has 1 N–H and O–H groups in total. The number of rotatable bonds is 5. The Morgan fingerprint density at radius 2 is 1.86 bits per heavy atom. The van der Waals surface area contributed by atoms with E-state index < -0.39 is 26.0 Å². The fourth-order valence-electron chi connectivity index (χ4n) is 2.83. The van der Waals surface area contributed by atoms with Crippen LogP contribution in [0.1, 0.15) is 5.56 Å². The number of fused-ring (bicyclic) bond motifs is 1. The average Bonchev–Trinajstić information content (AvgIpc) is 2.67. The molecule has 0 fully saturated rings. The summed E-state index contributed by atoms with van der Waals surface area (Å²) in [4.78, 5) is 10.5. The molecule has 154 valence electrons. The van der Waals surface area contributed by atoms with Crippen molar-refractivity contribution in [2.45, 2.75) is 22.9 Å². The lowest BCUT2D eigenvalue weighted by Crippen LogP contribution is -2.42. The van der Waals surface area contributed by atoms with Gasteiger partial charge >= 0.3 is 5.51 Å². The number of sulfone groups is 1. The third-order valence-corrected chi connectivity index (χ3v) is 5.68. The van der Waals surface area contributed by atoms with Crippen molar-refractivity contribution < 1.29 is 35.9 Å². The second-order valence-corrected chi connectivity index (χ2v) is 8.08. The smallest absolute Gasteiger partial charge is 0.487 e. The highest BCUT2D eigenvalue weighted by molar-refractivity contribution is 7.92. The van der Waals surface area contributed by atoms with Gasteiger partial charge in [-0.1, -0.05) is 30.8 Å². The van der Waals surface area contributed by atoms with E-state index in [9.17, 15) is 26.4 Å². The van der Waals surface area contributed by atoms with Crippen molar-refractivity contribution in [3.05, 3.63) is 60.7 Å². The van der Waals surface area contributed by atoms with E-state index in [1.807, 2.05) is 0 Å². The standard InChI is InChI=1S/C19H16F3NO5S/c1-2-17(24)23-13-10-12-6-5-8-15(18(12)27-11-13)28-14-7-3-4-9-16(14)29(25,26)19(20,21)22/h2-9,13H,1,10-11H2,(H,23,24). The van der Waals surface area contributed by atoms with Gasteiger partial charge in [-0.25, -0.2) is 8.42 Å². The summed E-state index contributed by atoms with van der Waals surface area (Å²) >= 11 is 0. The maximum Gasteiger partial charge on any atom is 0.502 e. The molecule has 1 heterocycles. The summed E-state index contributed by atoms with van der Waals surface area (Å²) in [5.41, 5.74) is -4.81. The summed E-state index contributed by atoms with van der Waals surface area (Å²) in [6, 6.07) is 8.95. The average molecular weight is 427 g/mol. The molecule has 1 amide bonds. The Morgan fingerprint density at radius 1 is 1.17 bits per heavy atom. The Labute approximate surface area is 164 Å². The van der Waals surface area contributed by atoms with E-state index in [1.54, 1.807) is 12.1 Å². The van der Waals surface area contributed by atoms with Crippen LogP contribution in [0.25, 0.3) is 0 Å². The highest BCUT2D eigenvalue weighted by Gasteiger charge is 2.48. The van der Waals surface area contributed by atoms with Crippen LogP contribution in [0.2, 0.25) is 0 Å². The quantitative estimate of drug-likeness (QED) is 0.740. The lowest BCUT2D eigenvalue weighted by atomic mass is 10.0. The Bertz CT molecular complexity index is 1050. The molecule has 0 bridgehead atoms. The van der Waals surface area contributed by atoms with Gasteiger partial charge in [0.1, 0.15) is 17.3 Å². The SMILES string of the molecule is C=CC(=O)NC1COc2c(cccc2Oc2ccccc2S(=O)(=O)C(F)(F)F)C1. The summed E-state index contributed by atoms with van der Waals surface area (Å²) in [5, 5.41) is 2.70. The monoisotopic (exact) mass is 427 g/mol. The maximum atomic E-state index is 13.0. The van der Waals surface area contributed by atoms with Crippen molar-refractivity contribution in [3.63, 3.8) is 0 Å². The van der Waals surface area contributed by atoms with E-state index in [0.717, 1.165) is 18.2 Å². The minimum Gasteiger partial charge on any atom is -0.487 e. The first kappa shape index (κ1) is 20.7. The number of carbonyl (C=O) groups is 1. The van der Waals surface area contributed by atoms with Gasteiger partial charge in [-0.05, 0) is 30.7 Å². The normalized spacial score (nSPS) is 16.3. The Kier molecular flexibility index (Phi) is 5.56. The highest BCUT2D eigenvalue weighted by Crippen LogP contribution is 2.41. The number of nitrogens with one attached hydrogen (secondary N) is 1. The summed E-state index contributed by atoms with van der Waals surface area (Å²) in [7, 11) is -5.60. The van der Waals surface area contributed by atoms with Gasteiger partial charge in [-0.15, -0.1) is 0 Å². The summed E-state index contributed by atoms with van der Waals surface area (Å²) < 4.78 is 73.8. The van der Waals surface area contributed by atoms with Crippen LogP contribution < -0.4 is 14.8 Å². The first-order valence-electron chi connectivity index (χ1n) is 8.39. The molecular formula is C19H16F3NO5S. The van der Waals surface area contributed by atoms with Crippen molar-refractivity contribution >= 4 is 15.7 Å². The number of amides is 1. The van der Waals surface area contributed by atoms with Crippen LogP contribution >= 0.6 is 0 Å². The van der Waals surface area contributed by atoms with Gasteiger partial charge in [0, 0.05) is 5.56 Å². The number of carbonyl (C=O) groups excluding carboxylic acids is 1. The van der Waals surface area contributed by atoms with E-state index in [-0.39, 0.29) is 30.1 Å². The van der Waals surface area contributed by atoms with Crippen molar-refractivity contribution in [2.24, 2.45) is 0 Å². The van der Waals surface area contributed by atoms with Gasteiger partial charge in [0.15, 0.2) is 11.5 Å². The zero-order valence-corrected chi connectivity index (χ0v) is 15.7. The lowest BCUT2D eigenvalue weighted by Gasteiger charge is -2.27. The molecule has 0 saturated carbocycles. The molecule has 0 aromatic heterocycles. The van der Waals surface area contributed by atoms with E-state index in [4.69, 9.17) is 9.47 Å². The topological polar surface area (TPSA) is 81.7 Å². The fraction of sp³-hybridized carbons (Fsp3) is 0.211. The van der Waals surface area contributed by atoms with Crippen molar-refractivity contribution in [1.29, 1.82) is 0 Å². The van der Waals surface area contributed by atoms with E-state index in [0.29, 0.717) is 12.0 Å². The molecule has 1 aliphatic heterocycles. The molecule has 1 unspecified atom stereocenters. The first-order chi connectivity index (χ1) is 13.6. The highest BCUT2D eigenvalue weighted by atomic mass is 32.2. The van der Waals surface area contributed by atoms with E-state index >= 15 is 0 Å². The summed E-state index contributed by atoms with van der Waals surface area (Å²) in [6.45, 7) is 3.48. The van der Waals surface area contributed by atoms with Crippen molar-refractivity contribution in [3.8, 4) is 17.2 Å². The molecule has 2 aromatic rings. The first-order valence-corrected chi connectivity index (χ1v) is 9.87. The van der Waals surface area contributed by atoms with Gasteiger partial charge in [0.05, 0.1) is 6.04 Å². The van der Waals surface area contributed by atoms with Crippen LogP contribution in [0.4, 0.5) is 13.2 Å². The molecule has 3 rings (SSSR count). The number of hydrogen-bond donors (Lipinski definition) is 1. The molecule has 1 atom stereocenters. The van der Waals surface area contributed by atoms with Crippen LogP contribution in [0.3, 0.4) is 0 Å². The van der Waals surface area contributed by atoms with Gasteiger partial charge in [0.2, 0.25) is 5.91 Å². The minimum absolute atomic E-state index is 0.0702. The van der Waals surface area contributed by atoms with Gasteiger partial charge < -0.3 is 14.8 Å². The predicted molar refractivity (Wildman–Crippen MR) is 97.5 cm³/mol. The molecule has 0 aliphatic carbocycles. The summed E-state index contributed by atoms with van der Waals surface area (Å²) in [5.74, 6) is -0.485. The van der Waals surface area contributed by atoms with Gasteiger partial charge in [0.25, 0.3) is 9.84 Å². The number of alkyl halides is 3. The molecule has 10 heteroatoms. The zero-order valence-electron chi connectivity index (χ0n) is 14.9. The third-order valence-electron chi connectivity index (χ3n) is 4.15. The molecular weight excluding hydrogens is 411 g/mol. The van der Waals surface area contributed by atoms with Crippen LogP contribution in [-0.4, -0.2) is 32.5 Å². The number of ether oxygens (including phenoxy) is 2. The fourth-order valence-corrected chi connectivity index (χ4v) is 3.71. The molecule has 0 spiro atoms. The Balaban J connectivity index is 1.92. The van der Waals surface area contributed by atoms with Crippen molar-refractivity contribution in [2.75, 3.05) is 6.61 Å². The lowest BCUT2D eigenvalue weighted by molar-refractivity contribution is -0.117. The number of para-hydroxylation sites is 2. The summed E-state index contributed by atoms with van der Waals surface area (Å²) in [6.07, 6.45) is 1.53. The maximum absolute atomic E-state index is 13.0. The molecule has 0 radical (unpaired) electrons. The van der Waals surface area contributed by atoms with Crippen LogP contribution in [-0.2, 0) is 21.1 Å². The van der Waals surface area contributed by atoms with Crippen molar-refractivity contribution in [1.82, 2.24) is 5.32 Å². The second-order valence-electron chi connectivity index (χ2n) is 6.17. The molecule has 0 saturated heterocycles. The zero-order chi connectivity index (χ0) is 21.2. The number of hydrogen-bond acceptors (Lipinski definition) is 5. The number of halogens is 3. The van der Waals surface area contributed by atoms with Gasteiger partial charge in [-0.2, -0.15) is 13.2 Å². The second kappa shape index (κ2) is 7.78. The number of benzene rings is 2. The van der Waals surface area contributed by atoms with E-state index in [1.165, 1.54) is 18.2 Å². The largest absolute Gasteiger partial charge is 0.502 e. The molecule has 2 aromatic carbocycles. The minimum atomic E-state index is -5.60. The molecule has 6 nitrogen and oxygen atoms in total. The van der Waals surface area contributed by atoms with Gasteiger partial charge in [-0.3, -0.25) is 4.79 Å². The van der Waals surface area contributed by atoms with Crippen LogP contribution in [0.15, 0.2) is 60.0 Å². The molecule has 1 aliphatic rings. The van der Waals surface area contributed by atoms with Crippen LogP contribution in [0.5, 0.6) is 17.2 Å². The predicted octanol–water partition coefficient (Wildman–Crippen LogP) is 3.38. The van der Waals surface area contributed by atoms with Crippen LogP contribution in [0, 0.1) is 0 Å². The Hall–Kier alpha value is -3.01.